The Bertz CT molecular complexity index is 949. The minimum Gasteiger partial charge on any atom is -0.479 e. The van der Waals surface area contributed by atoms with Crippen molar-refractivity contribution in [3.63, 3.8) is 0 Å². The lowest BCUT2D eigenvalue weighted by Crippen LogP contribution is -2.85. The zero-order chi connectivity index (χ0) is 29.1. The Balaban J connectivity index is 2.97. The van der Waals surface area contributed by atoms with Crippen molar-refractivity contribution < 1.29 is 94.8 Å². The first kappa shape index (κ1) is 29.7. The Labute approximate surface area is 185 Å². The number of carboxylic acid groups (broad SMARTS) is 2. The molecule has 0 aromatic heterocycles. The van der Waals surface area contributed by atoms with Gasteiger partial charge in [-0.25, -0.2) is 27.2 Å². The van der Waals surface area contributed by atoms with Crippen LogP contribution in [0.3, 0.4) is 0 Å². The molecule has 4 atom stereocenters. The molecule has 5 nitrogen and oxygen atoms in total. The number of hydrogen-bond donors (Lipinski definition) is 2. The Hall–Kier alpha value is -2.51. The monoisotopic (exact) mass is 570 g/mol. The molecular weight excluding hydrogens is 564 g/mol. The predicted octanol–water partition coefficient (Wildman–Crippen LogP) is 4.18. The highest BCUT2D eigenvalue weighted by molar-refractivity contribution is 6.00. The largest absolute Gasteiger partial charge is 0.479 e. The van der Waals surface area contributed by atoms with Crippen molar-refractivity contribution in [1.29, 1.82) is 0 Å². The van der Waals surface area contributed by atoms with Crippen molar-refractivity contribution in [1.82, 2.24) is 0 Å². The van der Waals surface area contributed by atoms with E-state index in [0.717, 1.165) is 0 Å². The fourth-order valence-corrected chi connectivity index (χ4v) is 3.80. The van der Waals surface area contributed by atoms with Crippen LogP contribution in [0, 0.1) is 0 Å². The fourth-order valence-electron chi connectivity index (χ4n) is 3.80. The van der Waals surface area contributed by atoms with Crippen LogP contribution in [0.4, 0.5) is 70.2 Å². The molecule has 36 heavy (non-hydrogen) atoms. The van der Waals surface area contributed by atoms with Gasteiger partial charge in [-0.15, -0.1) is 0 Å². The van der Waals surface area contributed by atoms with Gasteiger partial charge in [-0.2, -0.15) is 52.7 Å². The molecule has 4 unspecified atom stereocenters. The van der Waals surface area contributed by atoms with Crippen LogP contribution in [0.5, 0.6) is 0 Å². The van der Waals surface area contributed by atoms with E-state index in [1.807, 2.05) is 0 Å². The first-order valence-corrected chi connectivity index (χ1v) is 8.50. The third kappa shape index (κ3) is 2.63. The van der Waals surface area contributed by atoms with Gasteiger partial charge in [0.15, 0.2) is 0 Å². The lowest BCUT2D eigenvalue weighted by Gasteiger charge is -2.54. The van der Waals surface area contributed by atoms with E-state index in [4.69, 9.17) is 10.2 Å². The lowest BCUT2D eigenvalue weighted by molar-refractivity contribution is -0.387. The summed E-state index contributed by atoms with van der Waals surface area (Å²) in [5, 5.41) is 16.7. The first-order valence-electron chi connectivity index (χ1n) is 8.50. The van der Waals surface area contributed by atoms with Gasteiger partial charge in [0.2, 0.25) is 17.1 Å². The van der Waals surface area contributed by atoms with Gasteiger partial charge in [-0.3, -0.25) is 4.79 Å². The predicted molar refractivity (Wildman–Crippen MR) is 74.6 cm³/mol. The number of carboxylic acids is 2. The standard InChI is InChI=1S/C15H6F16O5/c16-6(1-8(18,19)14(28,29)10(22,4(33)34)12(6,24)25)3(32)7(17)2-9(20,21)15(30,31)11(23,5(35)36)13(7,26)27/h1-2H2,(H,33,34)(H,35,36). The molecule has 2 fully saturated rings. The van der Waals surface area contributed by atoms with E-state index in [0.29, 0.717) is 0 Å². The molecule has 0 saturated heterocycles. The number of hydrogen-bond acceptors (Lipinski definition) is 3. The number of carbonyl (C=O) groups excluding carboxylic acids is 1. The summed E-state index contributed by atoms with van der Waals surface area (Å²) < 4.78 is 226. The smallest absolute Gasteiger partial charge is 0.360 e. The van der Waals surface area contributed by atoms with Crippen LogP contribution in [-0.2, 0) is 14.4 Å². The van der Waals surface area contributed by atoms with Crippen molar-refractivity contribution in [3.05, 3.63) is 0 Å². The van der Waals surface area contributed by atoms with Crippen LogP contribution in [0.25, 0.3) is 0 Å². The van der Waals surface area contributed by atoms with Crippen LogP contribution in [0.1, 0.15) is 12.8 Å². The van der Waals surface area contributed by atoms with Crippen molar-refractivity contribution in [2.45, 2.75) is 71.1 Å². The highest BCUT2D eigenvalue weighted by Crippen LogP contribution is 2.69. The highest BCUT2D eigenvalue weighted by atomic mass is 19.3. The van der Waals surface area contributed by atoms with Gasteiger partial charge in [0.05, 0.1) is 12.8 Å². The number of halogens is 16. The molecule has 0 aromatic carbocycles. The number of aliphatic carboxylic acids is 2. The molecule has 0 aliphatic heterocycles. The summed E-state index contributed by atoms with van der Waals surface area (Å²) in [6.45, 7) is 0. The van der Waals surface area contributed by atoms with E-state index in [1.165, 1.54) is 0 Å². The van der Waals surface area contributed by atoms with E-state index in [1.54, 1.807) is 0 Å². The maximum absolute atomic E-state index is 15.0. The Morgan fingerprint density at radius 1 is 0.444 bits per heavy atom. The van der Waals surface area contributed by atoms with Gasteiger partial charge in [-0.1, -0.05) is 0 Å². The van der Waals surface area contributed by atoms with E-state index >= 15 is 8.78 Å². The van der Waals surface area contributed by atoms with Crippen molar-refractivity contribution in [2.75, 3.05) is 0 Å². The van der Waals surface area contributed by atoms with Gasteiger partial charge in [-0.05, 0) is 0 Å². The molecule has 2 saturated carbocycles. The van der Waals surface area contributed by atoms with Crippen LogP contribution in [0.2, 0.25) is 0 Å². The normalized spacial score (nSPS) is 41.8. The summed E-state index contributed by atoms with van der Waals surface area (Å²) in [6.07, 6.45) is -8.68. The van der Waals surface area contributed by atoms with E-state index in [-0.39, 0.29) is 0 Å². The van der Waals surface area contributed by atoms with Gasteiger partial charge in [0.1, 0.15) is 0 Å². The molecule has 21 heteroatoms. The Kier molecular flexibility index (Phi) is 5.67. The highest BCUT2D eigenvalue weighted by Gasteiger charge is 2.99. The Morgan fingerprint density at radius 3 is 0.861 bits per heavy atom. The third-order valence-electron chi connectivity index (χ3n) is 5.89. The number of Topliss-reactive ketones (excluding diaryl/α,β-unsaturated/α-hetero) is 1. The number of alkyl halides is 16. The fraction of sp³-hybridized carbons (Fsp3) is 0.800. The van der Waals surface area contributed by atoms with E-state index in [2.05, 4.69) is 0 Å². The van der Waals surface area contributed by atoms with Gasteiger partial charge >= 0.3 is 58.8 Å². The molecule has 2 aliphatic rings. The van der Waals surface area contributed by atoms with Gasteiger partial charge in [0.25, 0.3) is 0 Å². The lowest BCUT2D eigenvalue weighted by atomic mass is 9.60. The van der Waals surface area contributed by atoms with Crippen LogP contribution in [-0.4, -0.2) is 86.1 Å². The maximum atomic E-state index is 15.0. The summed E-state index contributed by atoms with van der Waals surface area (Å²) in [4.78, 5) is 33.5. The van der Waals surface area contributed by atoms with E-state index < -0.39 is 88.8 Å². The molecule has 0 radical (unpaired) electrons. The first-order chi connectivity index (χ1) is 15.5. The summed E-state index contributed by atoms with van der Waals surface area (Å²) >= 11 is 0. The van der Waals surface area contributed by atoms with Crippen molar-refractivity contribution in [2.24, 2.45) is 0 Å². The minimum atomic E-state index is -7.60. The molecule has 2 rings (SSSR count). The molecule has 2 aliphatic carbocycles. The molecule has 0 aromatic rings. The average Bonchev–Trinajstić information content (AvgIpc) is 2.67. The molecular formula is C15H6F16O5. The van der Waals surface area contributed by atoms with Crippen molar-refractivity contribution >= 4 is 17.7 Å². The minimum absolute atomic E-state index is 4.34. The number of ketones is 1. The molecule has 0 spiro atoms. The SMILES string of the molecule is O=C(C1(F)CC(F)(F)C(F)(F)C(F)(C(=O)O)C1(F)F)C1(F)CC(F)(F)C(F)(F)C(F)(C(=O)O)C1(F)F. The topological polar surface area (TPSA) is 91.7 Å². The summed E-state index contributed by atoms with van der Waals surface area (Å²) in [5.74, 6) is -57.2. The van der Waals surface area contributed by atoms with Crippen LogP contribution >= 0.6 is 0 Å². The second-order valence-electron chi connectivity index (χ2n) is 7.92. The third-order valence-corrected chi connectivity index (χ3v) is 5.89. The van der Waals surface area contributed by atoms with E-state index in [9.17, 15) is 75.8 Å². The summed E-state index contributed by atoms with van der Waals surface area (Å²) in [5.41, 5.74) is -28.7. The molecule has 2 N–H and O–H groups in total. The van der Waals surface area contributed by atoms with Crippen LogP contribution < -0.4 is 0 Å². The van der Waals surface area contributed by atoms with Gasteiger partial charge < -0.3 is 10.2 Å². The van der Waals surface area contributed by atoms with Crippen molar-refractivity contribution in [3.8, 4) is 0 Å². The zero-order valence-electron chi connectivity index (χ0n) is 16.1. The number of carbonyl (C=O) groups is 3. The average molecular weight is 570 g/mol. The van der Waals surface area contributed by atoms with Crippen LogP contribution in [0.15, 0.2) is 0 Å². The molecule has 0 amide bonds. The second kappa shape index (κ2) is 6.87. The zero-order valence-corrected chi connectivity index (χ0v) is 16.1. The molecule has 0 heterocycles. The summed E-state index contributed by atoms with van der Waals surface area (Å²) in [7, 11) is 0. The Morgan fingerprint density at radius 2 is 0.667 bits per heavy atom. The maximum Gasteiger partial charge on any atom is 0.360 e. The molecule has 208 valence electrons. The van der Waals surface area contributed by atoms with Gasteiger partial charge in [0, 0.05) is 0 Å². The quantitative estimate of drug-likeness (QED) is 0.496. The number of rotatable bonds is 4. The molecule has 0 bridgehead atoms. The second-order valence-corrected chi connectivity index (χ2v) is 7.92. The summed E-state index contributed by atoms with van der Waals surface area (Å²) in [6, 6.07) is 0.